The lowest BCUT2D eigenvalue weighted by molar-refractivity contribution is -0.147. The zero-order valence-corrected chi connectivity index (χ0v) is 12.0. The number of carbonyl (C=O) groups is 2. The van der Waals surface area contributed by atoms with Crippen LogP contribution in [-0.2, 0) is 19.6 Å². The highest BCUT2D eigenvalue weighted by Gasteiger charge is 2.24. The van der Waals surface area contributed by atoms with Gasteiger partial charge in [-0.2, -0.15) is 0 Å². The van der Waals surface area contributed by atoms with Gasteiger partial charge in [0.25, 0.3) is 0 Å². The Balaban J connectivity index is 2.79. The van der Waals surface area contributed by atoms with Crippen molar-refractivity contribution in [2.24, 2.45) is 5.92 Å². The molecule has 0 aliphatic carbocycles. The van der Waals surface area contributed by atoms with E-state index in [2.05, 4.69) is 4.72 Å². The summed E-state index contributed by atoms with van der Waals surface area (Å²) in [5.74, 6) is -3.56. The van der Waals surface area contributed by atoms with Crippen LogP contribution in [0.1, 0.15) is 6.42 Å². The molecule has 8 nitrogen and oxygen atoms in total. The van der Waals surface area contributed by atoms with E-state index in [0.717, 1.165) is 0 Å². The van der Waals surface area contributed by atoms with E-state index in [1.54, 1.807) is 0 Å². The molecule has 0 aromatic heterocycles. The van der Waals surface area contributed by atoms with Crippen LogP contribution in [0.3, 0.4) is 0 Å². The summed E-state index contributed by atoms with van der Waals surface area (Å²) >= 11 is 0. The maximum atomic E-state index is 12.0. The van der Waals surface area contributed by atoms with Gasteiger partial charge in [0.05, 0.1) is 24.3 Å². The summed E-state index contributed by atoms with van der Waals surface area (Å²) in [6, 6.07) is 5.49. The van der Waals surface area contributed by atoms with E-state index in [-0.39, 0.29) is 4.90 Å². The SMILES string of the molecule is COc1ccc(S(=O)(=O)NCC(CC(=O)O)C(=O)O)cc1. The van der Waals surface area contributed by atoms with Crippen LogP contribution in [0.5, 0.6) is 5.75 Å². The van der Waals surface area contributed by atoms with Crippen LogP contribution in [-0.4, -0.2) is 44.2 Å². The maximum Gasteiger partial charge on any atom is 0.308 e. The lowest BCUT2D eigenvalue weighted by Crippen LogP contribution is -2.34. The Kier molecular flexibility index (Phi) is 5.68. The van der Waals surface area contributed by atoms with Crippen LogP contribution in [0.25, 0.3) is 0 Å². The Morgan fingerprint density at radius 3 is 2.24 bits per heavy atom. The van der Waals surface area contributed by atoms with Gasteiger partial charge in [0, 0.05) is 6.54 Å². The number of sulfonamides is 1. The maximum absolute atomic E-state index is 12.0. The highest BCUT2D eigenvalue weighted by molar-refractivity contribution is 7.89. The third-order valence-electron chi connectivity index (χ3n) is 2.66. The molecular formula is C12H15NO7S. The normalized spacial score (nSPS) is 12.6. The largest absolute Gasteiger partial charge is 0.497 e. The monoisotopic (exact) mass is 317 g/mol. The van der Waals surface area contributed by atoms with Crippen molar-refractivity contribution in [3.8, 4) is 5.75 Å². The van der Waals surface area contributed by atoms with Crippen molar-refractivity contribution < 1.29 is 33.0 Å². The number of nitrogens with one attached hydrogen (secondary N) is 1. The van der Waals surface area contributed by atoms with Crippen molar-refractivity contribution >= 4 is 22.0 Å². The van der Waals surface area contributed by atoms with E-state index >= 15 is 0 Å². The minimum atomic E-state index is -3.91. The Morgan fingerprint density at radius 1 is 1.24 bits per heavy atom. The quantitative estimate of drug-likeness (QED) is 0.622. The third kappa shape index (κ3) is 5.04. The third-order valence-corrected chi connectivity index (χ3v) is 4.10. The molecule has 1 aromatic rings. The van der Waals surface area contributed by atoms with Crippen molar-refractivity contribution in [2.45, 2.75) is 11.3 Å². The summed E-state index contributed by atoms with van der Waals surface area (Å²) < 4.78 is 30.9. The summed E-state index contributed by atoms with van der Waals surface area (Å²) in [6.07, 6.45) is -0.666. The van der Waals surface area contributed by atoms with Gasteiger partial charge >= 0.3 is 11.9 Å². The molecule has 0 bridgehead atoms. The first-order chi connectivity index (χ1) is 9.76. The fourth-order valence-corrected chi connectivity index (χ4v) is 2.59. The summed E-state index contributed by atoms with van der Waals surface area (Å²) in [7, 11) is -2.48. The predicted molar refractivity (Wildman–Crippen MR) is 71.6 cm³/mol. The van der Waals surface area contributed by atoms with Crippen molar-refractivity contribution in [3.05, 3.63) is 24.3 Å². The Bertz CT molecular complexity index is 609. The summed E-state index contributed by atoms with van der Waals surface area (Å²) in [5, 5.41) is 17.4. The standard InChI is InChI=1S/C12H15NO7S/c1-20-9-2-4-10(5-3-9)21(18,19)13-7-8(12(16)17)6-11(14)15/h2-5,8,13H,6-7H2,1H3,(H,14,15)(H,16,17). The average Bonchev–Trinajstić information content (AvgIpc) is 2.43. The average molecular weight is 317 g/mol. The molecular weight excluding hydrogens is 302 g/mol. The molecule has 9 heteroatoms. The number of aliphatic carboxylic acids is 2. The van der Waals surface area contributed by atoms with E-state index in [1.807, 2.05) is 0 Å². The topological polar surface area (TPSA) is 130 Å². The molecule has 21 heavy (non-hydrogen) atoms. The molecule has 0 aliphatic rings. The lowest BCUT2D eigenvalue weighted by Gasteiger charge is -2.12. The van der Waals surface area contributed by atoms with Gasteiger partial charge in [0.2, 0.25) is 10.0 Å². The molecule has 0 saturated carbocycles. The molecule has 0 spiro atoms. The number of methoxy groups -OCH3 is 1. The Hall–Kier alpha value is -2.13. The molecule has 0 aliphatic heterocycles. The van der Waals surface area contributed by atoms with Gasteiger partial charge in [0.15, 0.2) is 0 Å². The summed E-state index contributed by atoms with van der Waals surface area (Å²) in [5.41, 5.74) is 0. The molecule has 1 atom stereocenters. The summed E-state index contributed by atoms with van der Waals surface area (Å²) in [4.78, 5) is 21.3. The van der Waals surface area contributed by atoms with Gasteiger partial charge in [0.1, 0.15) is 5.75 Å². The number of carboxylic acids is 2. The Labute approximate surface area is 121 Å². The molecule has 1 rings (SSSR count). The lowest BCUT2D eigenvalue weighted by atomic mass is 10.1. The van der Waals surface area contributed by atoms with Gasteiger partial charge < -0.3 is 14.9 Å². The molecule has 0 saturated heterocycles. The van der Waals surface area contributed by atoms with Crippen LogP contribution in [0.4, 0.5) is 0 Å². The number of benzene rings is 1. The number of carboxylic acid groups (broad SMARTS) is 2. The van der Waals surface area contributed by atoms with Crippen LogP contribution < -0.4 is 9.46 Å². The van der Waals surface area contributed by atoms with Crippen molar-refractivity contribution in [2.75, 3.05) is 13.7 Å². The van der Waals surface area contributed by atoms with E-state index in [9.17, 15) is 18.0 Å². The number of hydrogen-bond acceptors (Lipinski definition) is 5. The zero-order valence-electron chi connectivity index (χ0n) is 11.1. The highest BCUT2D eigenvalue weighted by Crippen LogP contribution is 2.15. The summed E-state index contributed by atoms with van der Waals surface area (Å²) in [6.45, 7) is -0.504. The van der Waals surface area contributed by atoms with Gasteiger partial charge in [-0.3, -0.25) is 9.59 Å². The predicted octanol–water partition coefficient (Wildman–Crippen LogP) is 0.149. The van der Waals surface area contributed by atoms with E-state index < -0.39 is 40.8 Å². The van der Waals surface area contributed by atoms with Crippen LogP contribution in [0.2, 0.25) is 0 Å². The molecule has 1 aromatic carbocycles. The fourth-order valence-electron chi connectivity index (χ4n) is 1.51. The van der Waals surface area contributed by atoms with Crippen LogP contribution in [0, 0.1) is 5.92 Å². The number of ether oxygens (including phenoxy) is 1. The minimum Gasteiger partial charge on any atom is -0.497 e. The van der Waals surface area contributed by atoms with E-state index in [1.165, 1.54) is 31.4 Å². The van der Waals surface area contributed by atoms with Crippen molar-refractivity contribution in [3.63, 3.8) is 0 Å². The molecule has 0 amide bonds. The Morgan fingerprint density at radius 2 is 1.81 bits per heavy atom. The number of rotatable bonds is 8. The molecule has 116 valence electrons. The second-order valence-corrected chi connectivity index (χ2v) is 5.93. The first-order valence-electron chi connectivity index (χ1n) is 5.84. The van der Waals surface area contributed by atoms with Crippen LogP contribution >= 0.6 is 0 Å². The number of hydrogen-bond donors (Lipinski definition) is 3. The second kappa shape index (κ2) is 7.04. The smallest absolute Gasteiger partial charge is 0.308 e. The molecule has 3 N–H and O–H groups in total. The van der Waals surface area contributed by atoms with Crippen LogP contribution in [0.15, 0.2) is 29.2 Å². The van der Waals surface area contributed by atoms with E-state index in [4.69, 9.17) is 14.9 Å². The first kappa shape index (κ1) is 16.9. The first-order valence-corrected chi connectivity index (χ1v) is 7.33. The van der Waals surface area contributed by atoms with Crippen molar-refractivity contribution in [1.29, 1.82) is 0 Å². The van der Waals surface area contributed by atoms with E-state index in [0.29, 0.717) is 5.75 Å². The van der Waals surface area contributed by atoms with Gasteiger partial charge in [-0.15, -0.1) is 0 Å². The molecule has 0 fully saturated rings. The highest BCUT2D eigenvalue weighted by atomic mass is 32.2. The zero-order chi connectivity index (χ0) is 16.0. The second-order valence-electron chi connectivity index (χ2n) is 4.16. The van der Waals surface area contributed by atoms with Gasteiger partial charge in [-0.05, 0) is 24.3 Å². The molecule has 0 radical (unpaired) electrons. The van der Waals surface area contributed by atoms with Gasteiger partial charge in [-0.25, -0.2) is 13.1 Å². The fraction of sp³-hybridized carbons (Fsp3) is 0.333. The minimum absolute atomic E-state index is 0.0669. The molecule has 0 heterocycles. The molecule has 1 unspecified atom stereocenters. The van der Waals surface area contributed by atoms with Crippen molar-refractivity contribution in [1.82, 2.24) is 4.72 Å². The van der Waals surface area contributed by atoms with Gasteiger partial charge in [-0.1, -0.05) is 0 Å².